The molecule has 0 atom stereocenters. The van der Waals surface area contributed by atoms with Gasteiger partial charge in [-0.2, -0.15) is 0 Å². The Morgan fingerprint density at radius 3 is 2.45 bits per heavy atom. The summed E-state index contributed by atoms with van der Waals surface area (Å²) < 4.78 is 8.94. The second kappa shape index (κ2) is 5.97. The molecule has 0 unspecified atom stereocenters. The van der Waals surface area contributed by atoms with Crippen LogP contribution in [-0.4, -0.2) is 0 Å². The highest BCUT2D eigenvalue weighted by Gasteiger charge is 2.40. The Morgan fingerprint density at radius 2 is 1.68 bits per heavy atom. The van der Waals surface area contributed by atoms with Gasteiger partial charge in [-0.25, -0.2) is 4.57 Å². The lowest BCUT2D eigenvalue weighted by Crippen LogP contribution is -2.32. The molecule has 4 aromatic rings. The van der Waals surface area contributed by atoms with E-state index in [-0.39, 0.29) is 5.41 Å². The quantitative estimate of drug-likeness (QED) is 0.269. The fourth-order valence-corrected chi connectivity index (χ4v) is 5.71. The highest BCUT2D eigenvalue weighted by atomic mass is 16.5. The van der Waals surface area contributed by atoms with E-state index in [4.69, 9.17) is 4.74 Å². The van der Waals surface area contributed by atoms with Crippen LogP contribution in [0.5, 0.6) is 11.5 Å². The number of hydrogen-bond donors (Lipinski definition) is 0. The number of rotatable bonds is 1. The van der Waals surface area contributed by atoms with Gasteiger partial charge in [0.2, 0.25) is 5.69 Å². The maximum atomic E-state index is 6.68. The molecule has 1 aliphatic carbocycles. The van der Waals surface area contributed by atoms with Crippen molar-refractivity contribution >= 4 is 10.8 Å². The van der Waals surface area contributed by atoms with Crippen LogP contribution in [0.15, 0.2) is 54.7 Å². The highest BCUT2D eigenvalue weighted by Crippen LogP contribution is 2.56. The lowest BCUT2D eigenvalue weighted by Gasteiger charge is -2.26. The molecule has 2 heteroatoms. The van der Waals surface area contributed by atoms with Gasteiger partial charge in [-0.1, -0.05) is 58.0 Å². The molecule has 0 fully saturated rings. The molecular formula is C29H28NO+. The normalized spacial score (nSPS) is 14.9. The summed E-state index contributed by atoms with van der Waals surface area (Å²) in [7, 11) is 2.15. The Labute approximate surface area is 184 Å². The largest absolute Gasteiger partial charge is 0.456 e. The molecule has 1 aromatic heterocycles. The fourth-order valence-electron chi connectivity index (χ4n) is 5.71. The summed E-state index contributed by atoms with van der Waals surface area (Å²) in [4.78, 5) is 0. The van der Waals surface area contributed by atoms with E-state index in [1.165, 1.54) is 55.4 Å². The van der Waals surface area contributed by atoms with Crippen LogP contribution >= 0.6 is 0 Å². The molecule has 2 nitrogen and oxygen atoms in total. The first kappa shape index (κ1) is 18.6. The SMILES string of the molecule is Cc1c2c(cc3c1-c1ccccc1C3(C)C)Oc1cc(C(C)C)cc3cc[n+](C)c-2c13. The average molecular weight is 407 g/mol. The van der Waals surface area contributed by atoms with Crippen LogP contribution < -0.4 is 9.30 Å². The van der Waals surface area contributed by atoms with Gasteiger partial charge in [0.25, 0.3) is 0 Å². The maximum absolute atomic E-state index is 6.68. The van der Waals surface area contributed by atoms with Crippen molar-refractivity contribution in [2.24, 2.45) is 7.05 Å². The zero-order chi connectivity index (χ0) is 21.7. The van der Waals surface area contributed by atoms with Gasteiger partial charge < -0.3 is 4.74 Å². The second-order valence-corrected chi connectivity index (χ2v) is 9.98. The Kier molecular flexibility index (Phi) is 3.59. The predicted octanol–water partition coefficient (Wildman–Crippen LogP) is 7.18. The van der Waals surface area contributed by atoms with Gasteiger partial charge in [0.05, 0.1) is 10.9 Å². The number of fused-ring (bicyclic) bond motifs is 5. The number of pyridine rings is 1. The molecule has 6 rings (SSSR count). The molecular weight excluding hydrogens is 378 g/mol. The van der Waals surface area contributed by atoms with E-state index in [1.807, 2.05) is 0 Å². The van der Waals surface area contributed by atoms with Crippen molar-refractivity contribution < 1.29 is 9.30 Å². The van der Waals surface area contributed by atoms with Crippen LogP contribution in [0.4, 0.5) is 0 Å². The number of hydrogen-bond acceptors (Lipinski definition) is 1. The van der Waals surface area contributed by atoms with E-state index >= 15 is 0 Å². The van der Waals surface area contributed by atoms with Crippen LogP contribution in [0.1, 0.15) is 55.9 Å². The Hall–Kier alpha value is -3.13. The standard InChI is InChI=1S/C29H28NO/c1-16(2)19-13-18-11-12-30(6)28-26-17(3)25-20-9-7-8-10-21(20)29(4,5)22(25)15-24(26)31-23(14-19)27(18)28/h7-16H,1-6H3/q+1. The van der Waals surface area contributed by atoms with Crippen LogP contribution in [0, 0.1) is 6.92 Å². The summed E-state index contributed by atoms with van der Waals surface area (Å²) in [5, 5.41) is 2.47. The number of benzene rings is 3. The van der Waals surface area contributed by atoms with Gasteiger partial charge in [-0.3, -0.25) is 0 Å². The third kappa shape index (κ3) is 2.31. The average Bonchev–Trinajstić information content (AvgIpc) is 2.97. The molecule has 0 bridgehead atoms. The smallest absolute Gasteiger partial charge is 0.228 e. The Morgan fingerprint density at radius 1 is 0.903 bits per heavy atom. The van der Waals surface area contributed by atoms with Crippen LogP contribution in [0.25, 0.3) is 33.2 Å². The third-order valence-corrected chi connectivity index (χ3v) is 7.43. The topological polar surface area (TPSA) is 13.1 Å². The lowest BCUT2D eigenvalue weighted by molar-refractivity contribution is -0.659. The molecule has 3 aromatic carbocycles. The highest BCUT2D eigenvalue weighted by molar-refractivity contribution is 6.04. The minimum atomic E-state index is -0.0384. The Bertz CT molecular complexity index is 1430. The van der Waals surface area contributed by atoms with Gasteiger partial charge in [-0.15, -0.1) is 0 Å². The molecule has 0 saturated heterocycles. The van der Waals surface area contributed by atoms with Gasteiger partial charge >= 0.3 is 0 Å². The molecule has 0 N–H and O–H groups in total. The molecule has 2 heterocycles. The first-order valence-electron chi connectivity index (χ1n) is 11.2. The van der Waals surface area contributed by atoms with Crippen molar-refractivity contribution in [3.05, 3.63) is 77.0 Å². The molecule has 1 aliphatic heterocycles. The van der Waals surface area contributed by atoms with E-state index in [1.54, 1.807) is 0 Å². The summed E-state index contributed by atoms with van der Waals surface area (Å²) in [5.41, 5.74) is 10.6. The monoisotopic (exact) mass is 406 g/mol. The van der Waals surface area contributed by atoms with Crippen LogP contribution in [0.3, 0.4) is 0 Å². The van der Waals surface area contributed by atoms with Gasteiger partial charge in [0.15, 0.2) is 6.20 Å². The van der Waals surface area contributed by atoms with E-state index in [2.05, 4.69) is 101 Å². The second-order valence-electron chi connectivity index (χ2n) is 9.98. The summed E-state index contributed by atoms with van der Waals surface area (Å²) in [6.45, 7) is 11.4. The molecule has 2 aliphatic rings. The minimum Gasteiger partial charge on any atom is -0.456 e. The summed E-state index contributed by atoms with van der Waals surface area (Å²) >= 11 is 0. The summed E-state index contributed by atoms with van der Waals surface area (Å²) in [5.74, 6) is 2.42. The molecule has 0 radical (unpaired) electrons. The maximum Gasteiger partial charge on any atom is 0.228 e. The van der Waals surface area contributed by atoms with Crippen molar-refractivity contribution in [2.45, 2.75) is 46.0 Å². The van der Waals surface area contributed by atoms with Gasteiger partial charge in [0, 0.05) is 11.5 Å². The lowest BCUT2D eigenvalue weighted by atomic mass is 9.81. The van der Waals surface area contributed by atoms with Crippen molar-refractivity contribution in [2.75, 3.05) is 0 Å². The fraction of sp³-hybridized carbons (Fsp3) is 0.276. The molecule has 0 amide bonds. The zero-order valence-corrected chi connectivity index (χ0v) is 19.1. The number of aryl methyl sites for hydroxylation is 1. The third-order valence-electron chi connectivity index (χ3n) is 7.43. The number of ether oxygens (including phenoxy) is 1. The molecule has 0 spiro atoms. The van der Waals surface area contributed by atoms with E-state index in [0.717, 1.165) is 11.5 Å². The van der Waals surface area contributed by atoms with Crippen molar-refractivity contribution in [3.63, 3.8) is 0 Å². The first-order valence-corrected chi connectivity index (χ1v) is 11.2. The zero-order valence-electron chi connectivity index (χ0n) is 19.1. The predicted molar refractivity (Wildman–Crippen MR) is 127 cm³/mol. The van der Waals surface area contributed by atoms with Gasteiger partial charge in [-0.05, 0) is 63.7 Å². The molecule has 154 valence electrons. The Balaban J connectivity index is 1.74. The summed E-state index contributed by atoms with van der Waals surface area (Å²) in [6, 6.07) is 17.9. The first-order chi connectivity index (χ1) is 14.8. The van der Waals surface area contributed by atoms with Crippen LogP contribution in [-0.2, 0) is 12.5 Å². The molecule has 0 saturated carbocycles. The van der Waals surface area contributed by atoms with Gasteiger partial charge in [0.1, 0.15) is 18.5 Å². The van der Waals surface area contributed by atoms with E-state index in [9.17, 15) is 0 Å². The number of aromatic nitrogens is 1. The summed E-state index contributed by atoms with van der Waals surface area (Å²) in [6.07, 6.45) is 2.19. The van der Waals surface area contributed by atoms with Crippen molar-refractivity contribution in [3.8, 4) is 33.9 Å². The van der Waals surface area contributed by atoms with Crippen LogP contribution in [0.2, 0.25) is 0 Å². The molecule has 31 heavy (non-hydrogen) atoms. The van der Waals surface area contributed by atoms with Crippen molar-refractivity contribution in [1.29, 1.82) is 0 Å². The number of nitrogens with zero attached hydrogens (tertiary/aromatic N) is 1. The van der Waals surface area contributed by atoms with E-state index in [0.29, 0.717) is 5.92 Å². The van der Waals surface area contributed by atoms with Crippen molar-refractivity contribution in [1.82, 2.24) is 0 Å². The van der Waals surface area contributed by atoms with E-state index < -0.39 is 0 Å². The minimum absolute atomic E-state index is 0.0384.